The van der Waals surface area contributed by atoms with E-state index in [1.54, 1.807) is 24.3 Å². The molecule has 0 aromatic heterocycles. The summed E-state index contributed by atoms with van der Waals surface area (Å²) >= 11 is 0. The summed E-state index contributed by atoms with van der Waals surface area (Å²) in [4.78, 5) is 0. The van der Waals surface area contributed by atoms with Crippen molar-refractivity contribution in [2.75, 3.05) is 0 Å². The molecule has 1 fully saturated rings. The minimum atomic E-state index is -0.172. The Morgan fingerprint density at radius 1 is 0.550 bits per heavy atom. The first-order valence-electron chi connectivity index (χ1n) is 7.23. The molecular formula is C18H18F2. The monoisotopic (exact) mass is 272 g/mol. The zero-order valence-electron chi connectivity index (χ0n) is 11.4. The SMILES string of the molecule is Fc1ccc(C2CCC(c3ccc(F)cc3)CC2)cc1. The largest absolute Gasteiger partial charge is 0.207 e. The second-order valence-electron chi connectivity index (χ2n) is 5.65. The third-order valence-electron chi connectivity index (χ3n) is 4.41. The Morgan fingerprint density at radius 3 is 1.15 bits per heavy atom. The molecule has 2 aromatic carbocycles. The summed E-state index contributed by atoms with van der Waals surface area (Å²) in [5.41, 5.74) is 2.48. The molecular weight excluding hydrogens is 254 g/mol. The molecule has 104 valence electrons. The molecule has 0 bridgehead atoms. The van der Waals surface area contributed by atoms with Gasteiger partial charge >= 0.3 is 0 Å². The van der Waals surface area contributed by atoms with Crippen LogP contribution in [0.15, 0.2) is 48.5 Å². The molecule has 2 aromatic rings. The summed E-state index contributed by atoms with van der Waals surface area (Å²) in [6, 6.07) is 13.8. The van der Waals surface area contributed by atoms with Gasteiger partial charge in [-0.15, -0.1) is 0 Å². The van der Waals surface area contributed by atoms with Crippen LogP contribution in [0.3, 0.4) is 0 Å². The maximum atomic E-state index is 12.9. The third-order valence-corrected chi connectivity index (χ3v) is 4.41. The van der Waals surface area contributed by atoms with Crippen molar-refractivity contribution in [3.63, 3.8) is 0 Å². The molecule has 0 amide bonds. The summed E-state index contributed by atoms with van der Waals surface area (Å²) in [6.07, 6.45) is 4.47. The van der Waals surface area contributed by atoms with Gasteiger partial charge in [0.25, 0.3) is 0 Å². The second kappa shape index (κ2) is 5.74. The molecule has 0 unspecified atom stereocenters. The van der Waals surface area contributed by atoms with E-state index < -0.39 is 0 Å². The summed E-state index contributed by atoms with van der Waals surface area (Å²) in [5, 5.41) is 0. The van der Waals surface area contributed by atoms with Crippen LogP contribution in [-0.4, -0.2) is 0 Å². The number of hydrogen-bond acceptors (Lipinski definition) is 0. The molecule has 1 aliphatic rings. The zero-order chi connectivity index (χ0) is 13.9. The van der Waals surface area contributed by atoms with Crippen LogP contribution in [0.25, 0.3) is 0 Å². The molecule has 0 saturated heterocycles. The van der Waals surface area contributed by atoms with Crippen LogP contribution >= 0.6 is 0 Å². The fourth-order valence-electron chi connectivity index (χ4n) is 3.23. The molecule has 3 rings (SSSR count). The summed E-state index contributed by atoms with van der Waals surface area (Å²) < 4.78 is 25.9. The highest BCUT2D eigenvalue weighted by molar-refractivity contribution is 5.24. The Labute approximate surface area is 118 Å². The predicted octanol–water partition coefficient (Wildman–Crippen LogP) is 5.41. The molecule has 0 nitrogen and oxygen atoms in total. The average molecular weight is 272 g/mol. The number of halogens is 2. The van der Waals surface area contributed by atoms with Gasteiger partial charge in [-0.1, -0.05) is 24.3 Å². The third kappa shape index (κ3) is 2.90. The van der Waals surface area contributed by atoms with E-state index in [1.165, 1.54) is 11.1 Å². The maximum Gasteiger partial charge on any atom is 0.123 e. The summed E-state index contributed by atoms with van der Waals surface area (Å²) in [6.45, 7) is 0. The van der Waals surface area contributed by atoms with Crippen molar-refractivity contribution in [3.8, 4) is 0 Å². The number of benzene rings is 2. The lowest BCUT2D eigenvalue weighted by Gasteiger charge is -2.29. The Morgan fingerprint density at radius 2 is 0.850 bits per heavy atom. The highest BCUT2D eigenvalue weighted by Crippen LogP contribution is 2.40. The van der Waals surface area contributed by atoms with Crippen molar-refractivity contribution in [2.45, 2.75) is 37.5 Å². The Balaban J connectivity index is 1.64. The van der Waals surface area contributed by atoms with E-state index in [-0.39, 0.29) is 11.6 Å². The molecule has 20 heavy (non-hydrogen) atoms. The van der Waals surface area contributed by atoms with Crippen LogP contribution < -0.4 is 0 Å². The Kier molecular flexibility index (Phi) is 3.81. The molecule has 0 heterocycles. The Bertz CT molecular complexity index is 495. The molecule has 0 spiro atoms. The van der Waals surface area contributed by atoms with Crippen LogP contribution in [0, 0.1) is 11.6 Å². The summed E-state index contributed by atoms with van der Waals surface area (Å²) in [7, 11) is 0. The van der Waals surface area contributed by atoms with Gasteiger partial charge in [0, 0.05) is 0 Å². The predicted molar refractivity (Wildman–Crippen MR) is 76.8 cm³/mol. The van der Waals surface area contributed by atoms with Gasteiger partial charge in [-0.3, -0.25) is 0 Å². The number of rotatable bonds is 2. The average Bonchev–Trinajstić information content (AvgIpc) is 2.49. The van der Waals surface area contributed by atoms with Crippen molar-refractivity contribution < 1.29 is 8.78 Å². The molecule has 0 radical (unpaired) electrons. The van der Waals surface area contributed by atoms with Gasteiger partial charge in [-0.05, 0) is 72.9 Å². The van der Waals surface area contributed by atoms with Crippen molar-refractivity contribution in [3.05, 3.63) is 71.3 Å². The number of hydrogen-bond donors (Lipinski definition) is 0. The first-order valence-corrected chi connectivity index (χ1v) is 7.23. The zero-order valence-corrected chi connectivity index (χ0v) is 11.4. The maximum absolute atomic E-state index is 12.9. The van der Waals surface area contributed by atoms with Gasteiger partial charge in [-0.2, -0.15) is 0 Å². The van der Waals surface area contributed by atoms with Gasteiger partial charge in [-0.25, -0.2) is 8.78 Å². The van der Waals surface area contributed by atoms with E-state index in [4.69, 9.17) is 0 Å². The van der Waals surface area contributed by atoms with Crippen LogP contribution in [0.4, 0.5) is 8.78 Å². The Hall–Kier alpha value is -1.70. The minimum absolute atomic E-state index is 0.172. The molecule has 2 heteroatoms. The van der Waals surface area contributed by atoms with Crippen molar-refractivity contribution in [2.24, 2.45) is 0 Å². The van der Waals surface area contributed by atoms with Gasteiger partial charge in [0.05, 0.1) is 0 Å². The standard InChI is InChI=1S/C18H18F2/c19-17-9-5-15(6-10-17)13-1-2-14(4-3-13)16-7-11-18(20)12-8-16/h5-14H,1-4H2. The van der Waals surface area contributed by atoms with E-state index in [2.05, 4.69) is 0 Å². The molecule has 0 aliphatic heterocycles. The van der Waals surface area contributed by atoms with Crippen LogP contribution in [0.5, 0.6) is 0 Å². The molecule has 1 aliphatic carbocycles. The van der Waals surface area contributed by atoms with Crippen molar-refractivity contribution in [1.82, 2.24) is 0 Å². The van der Waals surface area contributed by atoms with Crippen molar-refractivity contribution in [1.29, 1.82) is 0 Å². The van der Waals surface area contributed by atoms with Gasteiger partial charge in [0.1, 0.15) is 11.6 Å². The normalized spacial score (nSPS) is 22.7. The second-order valence-corrected chi connectivity index (χ2v) is 5.65. The minimum Gasteiger partial charge on any atom is -0.207 e. The molecule has 1 saturated carbocycles. The first-order chi connectivity index (χ1) is 9.72. The van der Waals surface area contributed by atoms with Gasteiger partial charge in [0.2, 0.25) is 0 Å². The lowest BCUT2D eigenvalue weighted by molar-refractivity contribution is 0.396. The smallest absolute Gasteiger partial charge is 0.123 e. The quantitative estimate of drug-likeness (QED) is 0.686. The van der Waals surface area contributed by atoms with Gasteiger partial charge in [0.15, 0.2) is 0 Å². The topological polar surface area (TPSA) is 0 Å². The van der Waals surface area contributed by atoms with E-state index in [0.717, 1.165) is 25.7 Å². The first kappa shape index (κ1) is 13.3. The van der Waals surface area contributed by atoms with E-state index in [1.807, 2.05) is 24.3 Å². The van der Waals surface area contributed by atoms with Gasteiger partial charge < -0.3 is 0 Å². The van der Waals surface area contributed by atoms with Crippen LogP contribution in [-0.2, 0) is 0 Å². The lowest BCUT2D eigenvalue weighted by atomic mass is 9.76. The molecule has 0 atom stereocenters. The van der Waals surface area contributed by atoms with E-state index in [0.29, 0.717) is 11.8 Å². The highest BCUT2D eigenvalue weighted by atomic mass is 19.1. The van der Waals surface area contributed by atoms with E-state index >= 15 is 0 Å². The summed E-state index contributed by atoms with van der Waals surface area (Å²) in [5.74, 6) is 0.724. The van der Waals surface area contributed by atoms with Crippen LogP contribution in [0.2, 0.25) is 0 Å². The molecule has 0 N–H and O–H groups in total. The fraction of sp³-hybridized carbons (Fsp3) is 0.333. The van der Waals surface area contributed by atoms with Crippen molar-refractivity contribution >= 4 is 0 Å². The lowest BCUT2D eigenvalue weighted by Crippen LogP contribution is -2.12. The van der Waals surface area contributed by atoms with E-state index in [9.17, 15) is 8.78 Å². The van der Waals surface area contributed by atoms with Crippen LogP contribution in [0.1, 0.15) is 48.6 Å². The fourth-order valence-corrected chi connectivity index (χ4v) is 3.23. The highest BCUT2D eigenvalue weighted by Gasteiger charge is 2.23.